The minimum absolute atomic E-state index is 0.0791. The number of nitrogens with zero attached hydrogens (tertiary/aromatic N) is 1. The summed E-state index contributed by atoms with van der Waals surface area (Å²) in [6.45, 7) is 11.8. The first-order valence-corrected chi connectivity index (χ1v) is 8.45. The molecule has 2 fully saturated rings. The van der Waals surface area contributed by atoms with Crippen molar-refractivity contribution in [2.75, 3.05) is 26.7 Å². The molecule has 4 nitrogen and oxygen atoms in total. The van der Waals surface area contributed by atoms with Crippen LogP contribution in [0.3, 0.4) is 0 Å². The first kappa shape index (κ1) is 16.8. The molecule has 3 atom stereocenters. The summed E-state index contributed by atoms with van der Waals surface area (Å²) in [6.07, 6.45) is 3.56. The first-order valence-electron chi connectivity index (χ1n) is 8.45. The molecule has 1 heterocycles. The lowest BCUT2D eigenvalue weighted by Gasteiger charge is -2.42. The highest BCUT2D eigenvalue weighted by atomic mass is 16.5. The number of likely N-dealkylation sites (tertiary alicyclic amines) is 1. The lowest BCUT2D eigenvalue weighted by Crippen LogP contribution is -2.64. The van der Waals surface area contributed by atoms with E-state index in [1.165, 1.54) is 13.5 Å². The van der Waals surface area contributed by atoms with Gasteiger partial charge in [0, 0.05) is 25.7 Å². The Labute approximate surface area is 129 Å². The Hall–Kier alpha value is -0.610. The molecular weight excluding hydrogens is 264 g/mol. The van der Waals surface area contributed by atoms with Gasteiger partial charge in [0.25, 0.3) is 0 Å². The van der Waals surface area contributed by atoms with E-state index >= 15 is 0 Å². The second-order valence-corrected chi connectivity index (χ2v) is 7.68. The van der Waals surface area contributed by atoms with Crippen molar-refractivity contribution in [2.45, 2.75) is 58.5 Å². The Morgan fingerprint density at radius 1 is 1.29 bits per heavy atom. The third-order valence-corrected chi connectivity index (χ3v) is 4.79. The number of nitrogens with one attached hydrogen (secondary N) is 1. The van der Waals surface area contributed by atoms with Crippen molar-refractivity contribution in [3.05, 3.63) is 0 Å². The van der Waals surface area contributed by atoms with Crippen molar-refractivity contribution in [3.63, 3.8) is 0 Å². The standard InChI is InChI=1S/C17H32N2O2/c1-12(2)18-17(15-6-7-15,16(20)21-5)11-19-9-13(3)8-14(4)10-19/h12-15,18H,6-11H2,1-5H3. The summed E-state index contributed by atoms with van der Waals surface area (Å²) >= 11 is 0. The molecule has 1 saturated carbocycles. The van der Waals surface area contributed by atoms with Gasteiger partial charge in [0.05, 0.1) is 7.11 Å². The smallest absolute Gasteiger partial charge is 0.327 e. The van der Waals surface area contributed by atoms with Gasteiger partial charge in [-0.25, -0.2) is 4.79 Å². The van der Waals surface area contributed by atoms with Crippen LogP contribution in [0.2, 0.25) is 0 Å². The van der Waals surface area contributed by atoms with Crippen LogP contribution < -0.4 is 5.32 Å². The maximum atomic E-state index is 12.6. The van der Waals surface area contributed by atoms with E-state index in [1.807, 2.05) is 0 Å². The van der Waals surface area contributed by atoms with Gasteiger partial charge in [0.15, 0.2) is 0 Å². The van der Waals surface area contributed by atoms with Gasteiger partial charge in [-0.15, -0.1) is 0 Å². The Balaban J connectivity index is 2.16. The monoisotopic (exact) mass is 296 g/mol. The van der Waals surface area contributed by atoms with Crippen LogP contribution in [-0.4, -0.2) is 49.2 Å². The van der Waals surface area contributed by atoms with E-state index in [4.69, 9.17) is 4.74 Å². The van der Waals surface area contributed by atoms with E-state index in [0.29, 0.717) is 17.8 Å². The van der Waals surface area contributed by atoms with Gasteiger partial charge < -0.3 is 9.64 Å². The molecule has 0 amide bonds. The van der Waals surface area contributed by atoms with Crippen LogP contribution in [0.15, 0.2) is 0 Å². The summed E-state index contributed by atoms with van der Waals surface area (Å²) < 4.78 is 5.19. The Bertz CT molecular complexity index is 358. The number of ether oxygens (including phenoxy) is 1. The van der Waals surface area contributed by atoms with Crippen molar-refractivity contribution in [2.24, 2.45) is 17.8 Å². The average molecular weight is 296 g/mol. The molecule has 0 radical (unpaired) electrons. The molecule has 0 aromatic rings. The molecule has 2 aliphatic rings. The summed E-state index contributed by atoms with van der Waals surface area (Å²) in [5, 5.41) is 3.57. The lowest BCUT2D eigenvalue weighted by molar-refractivity contribution is -0.151. The number of piperidine rings is 1. The molecular formula is C17H32N2O2. The highest BCUT2D eigenvalue weighted by Crippen LogP contribution is 2.42. The highest BCUT2D eigenvalue weighted by Gasteiger charge is 2.53. The van der Waals surface area contributed by atoms with Gasteiger partial charge in [0.2, 0.25) is 0 Å². The van der Waals surface area contributed by atoms with Crippen LogP contribution in [-0.2, 0) is 9.53 Å². The maximum Gasteiger partial charge on any atom is 0.327 e. The summed E-state index contributed by atoms with van der Waals surface area (Å²) in [7, 11) is 1.52. The van der Waals surface area contributed by atoms with Crippen molar-refractivity contribution >= 4 is 5.97 Å². The van der Waals surface area contributed by atoms with Gasteiger partial charge in [-0.1, -0.05) is 13.8 Å². The molecule has 3 unspecified atom stereocenters. The van der Waals surface area contributed by atoms with Gasteiger partial charge in [0.1, 0.15) is 5.54 Å². The minimum Gasteiger partial charge on any atom is -0.468 e. The number of methoxy groups -OCH3 is 1. The average Bonchev–Trinajstić information content (AvgIpc) is 3.19. The minimum atomic E-state index is -0.514. The lowest BCUT2D eigenvalue weighted by atomic mass is 9.87. The predicted octanol–water partition coefficient (Wildman–Crippen LogP) is 2.28. The molecule has 0 aromatic carbocycles. The van der Waals surface area contributed by atoms with E-state index in [9.17, 15) is 4.79 Å². The number of carbonyl (C=O) groups is 1. The Morgan fingerprint density at radius 3 is 2.29 bits per heavy atom. The number of carbonyl (C=O) groups excluding carboxylic acids is 1. The third-order valence-electron chi connectivity index (χ3n) is 4.79. The fourth-order valence-corrected chi connectivity index (χ4v) is 4.13. The van der Waals surface area contributed by atoms with Gasteiger partial charge in [-0.2, -0.15) is 0 Å². The molecule has 0 spiro atoms. The third kappa shape index (κ3) is 3.98. The van der Waals surface area contributed by atoms with E-state index in [1.54, 1.807) is 0 Å². The molecule has 1 saturated heterocycles. The fraction of sp³-hybridized carbons (Fsp3) is 0.941. The number of rotatable bonds is 6. The summed E-state index contributed by atoms with van der Waals surface area (Å²) in [5.74, 6) is 1.77. The fourth-order valence-electron chi connectivity index (χ4n) is 4.13. The summed E-state index contributed by atoms with van der Waals surface area (Å²) in [5.41, 5.74) is -0.514. The van der Waals surface area contributed by atoms with Crippen LogP contribution in [0, 0.1) is 17.8 Å². The van der Waals surface area contributed by atoms with Gasteiger partial charge >= 0.3 is 5.97 Å². The van der Waals surface area contributed by atoms with E-state index in [2.05, 4.69) is 37.9 Å². The summed E-state index contributed by atoms with van der Waals surface area (Å²) in [4.78, 5) is 15.1. The molecule has 0 bridgehead atoms. The molecule has 1 N–H and O–H groups in total. The zero-order valence-corrected chi connectivity index (χ0v) is 14.3. The topological polar surface area (TPSA) is 41.6 Å². The van der Waals surface area contributed by atoms with Crippen molar-refractivity contribution < 1.29 is 9.53 Å². The van der Waals surface area contributed by atoms with Crippen molar-refractivity contribution in [1.29, 1.82) is 0 Å². The SMILES string of the molecule is COC(=O)C(CN1CC(C)CC(C)C1)(NC(C)C)C1CC1. The van der Waals surface area contributed by atoms with Gasteiger partial charge in [-0.3, -0.25) is 5.32 Å². The zero-order valence-electron chi connectivity index (χ0n) is 14.3. The van der Waals surface area contributed by atoms with Crippen LogP contribution in [0.4, 0.5) is 0 Å². The molecule has 0 aromatic heterocycles. The second kappa shape index (κ2) is 6.66. The van der Waals surface area contributed by atoms with E-state index in [0.717, 1.165) is 32.5 Å². The molecule has 21 heavy (non-hydrogen) atoms. The molecule has 2 rings (SSSR count). The van der Waals surface area contributed by atoms with Crippen molar-refractivity contribution in [3.8, 4) is 0 Å². The molecule has 4 heteroatoms. The Kier molecular flexibility index (Phi) is 5.31. The highest BCUT2D eigenvalue weighted by molar-refractivity contribution is 5.82. The van der Waals surface area contributed by atoms with Gasteiger partial charge in [-0.05, 0) is 50.9 Å². The maximum absolute atomic E-state index is 12.6. The quantitative estimate of drug-likeness (QED) is 0.764. The Morgan fingerprint density at radius 2 is 1.86 bits per heavy atom. The number of hydrogen-bond donors (Lipinski definition) is 1. The van der Waals surface area contributed by atoms with E-state index in [-0.39, 0.29) is 12.0 Å². The number of hydrogen-bond acceptors (Lipinski definition) is 4. The molecule has 1 aliphatic heterocycles. The summed E-state index contributed by atoms with van der Waals surface area (Å²) in [6, 6.07) is 0.282. The second-order valence-electron chi connectivity index (χ2n) is 7.68. The molecule has 122 valence electrons. The normalized spacial score (nSPS) is 30.2. The van der Waals surface area contributed by atoms with Crippen LogP contribution in [0.1, 0.15) is 47.0 Å². The van der Waals surface area contributed by atoms with Crippen molar-refractivity contribution in [1.82, 2.24) is 10.2 Å². The zero-order chi connectivity index (χ0) is 15.6. The number of esters is 1. The largest absolute Gasteiger partial charge is 0.468 e. The van der Waals surface area contributed by atoms with Crippen LogP contribution in [0.5, 0.6) is 0 Å². The van der Waals surface area contributed by atoms with Crippen LogP contribution in [0.25, 0.3) is 0 Å². The van der Waals surface area contributed by atoms with Crippen LogP contribution >= 0.6 is 0 Å². The predicted molar refractivity (Wildman–Crippen MR) is 85.1 cm³/mol. The van der Waals surface area contributed by atoms with E-state index < -0.39 is 5.54 Å². The first-order chi connectivity index (χ1) is 9.87. The molecule has 1 aliphatic carbocycles.